The molecule has 24 heavy (non-hydrogen) atoms. The van der Waals surface area contributed by atoms with Crippen LogP contribution in [0.3, 0.4) is 0 Å². The molecule has 5 heteroatoms. The Labute approximate surface area is 148 Å². The smallest absolute Gasteiger partial charge is 0.193 e. The zero-order valence-electron chi connectivity index (χ0n) is 14.5. The third-order valence-corrected chi connectivity index (χ3v) is 5.58. The van der Waals surface area contributed by atoms with Crippen molar-refractivity contribution in [2.24, 2.45) is 4.99 Å². The third-order valence-electron chi connectivity index (χ3n) is 4.54. The van der Waals surface area contributed by atoms with E-state index in [1.54, 1.807) is 11.3 Å². The largest absolute Gasteiger partial charge is 0.356 e. The lowest BCUT2D eigenvalue weighted by atomic mass is 9.99. The van der Waals surface area contributed by atoms with Gasteiger partial charge in [0.25, 0.3) is 0 Å². The number of likely N-dealkylation sites (tertiary alicyclic amines) is 1. The van der Waals surface area contributed by atoms with Crippen LogP contribution >= 0.6 is 11.3 Å². The van der Waals surface area contributed by atoms with Crippen molar-refractivity contribution in [3.8, 4) is 0 Å². The second kappa shape index (κ2) is 8.29. The summed E-state index contributed by atoms with van der Waals surface area (Å²) >= 11 is 1.76. The van der Waals surface area contributed by atoms with Crippen LogP contribution < -0.4 is 5.32 Å². The van der Waals surface area contributed by atoms with Gasteiger partial charge in [-0.1, -0.05) is 37.3 Å². The van der Waals surface area contributed by atoms with E-state index < -0.39 is 0 Å². The van der Waals surface area contributed by atoms with E-state index in [2.05, 4.69) is 62.8 Å². The lowest BCUT2D eigenvalue weighted by Gasteiger charge is -2.21. The number of hydrogen-bond acceptors (Lipinski definition) is 3. The highest BCUT2D eigenvalue weighted by Crippen LogP contribution is 2.26. The number of hydrogen-bond donors (Lipinski definition) is 1. The minimum atomic E-state index is 0.607. The molecule has 128 valence electrons. The maximum atomic E-state index is 4.63. The fourth-order valence-electron chi connectivity index (χ4n) is 3.21. The van der Waals surface area contributed by atoms with Gasteiger partial charge < -0.3 is 10.2 Å². The van der Waals surface area contributed by atoms with Gasteiger partial charge in [-0.05, 0) is 18.4 Å². The van der Waals surface area contributed by atoms with Gasteiger partial charge >= 0.3 is 0 Å². The molecule has 1 aromatic carbocycles. The van der Waals surface area contributed by atoms with Gasteiger partial charge in [0.15, 0.2) is 5.96 Å². The van der Waals surface area contributed by atoms with Crippen LogP contribution in [0.15, 0.2) is 40.7 Å². The topological polar surface area (TPSA) is 40.5 Å². The van der Waals surface area contributed by atoms with Gasteiger partial charge in [0.2, 0.25) is 0 Å². The first-order valence-corrected chi connectivity index (χ1v) is 9.62. The Kier molecular flexibility index (Phi) is 5.86. The summed E-state index contributed by atoms with van der Waals surface area (Å²) in [5, 5.41) is 6.89. The number of aliphatic imine (C=N–C) groups is 1. The quantitative estimate of drug-likeness (QED) is 0.669. The average molecular weight is 343 g/mol. The van der Waals surface area contributed by atoms with Gasteiger partial charge in [-0.2, -0.15) is 0 Å². The van der Waals surface area contributed by atoms with Crippen molar-refractivity contribution in [2.45, 2.75) is 32.1 Å². The van der Waals surface area contributed by atoms with Crippen LogP contribution in [0.1, 0.15) is 35.5 Å². The number of benzene rings is 1. The molecule has 1 aromatic heterocycles. The molecule has 0 saturated carbocycles. The number of thiazole rings is 1. The Morgan fingerprint density at radius 3 is 2.92 bits per heavy atom. The number of aryl methyl sites for hydroxylation is 1. The highest BCUT2D eigenvalue weighted by Gasteiger charge is 2.25. The summed E-state index contributed by atoms with van der Waals surface area (Å²) in [7, 11) is 1.87. The fourth-order valence-corrected chi connectivity index (χ4v) is 3.99. The molecule has 0 radical (unpaired) electrons. The highest BCUT2D eigenvalue weighted by atomic mass is 32.1. The van der Waals surface area contributed by atoms with Gasteiger partial charge in [-0.15, -0.1) is 11.3 Å². The molecule has 1 aliphatic rings. The first-order chi connectivity index (χ1) is 11.8. The van der Waals surface area contributed by atoms with E-state index in [9.17, 15) is 0 Å². The minimum absolute atomic E-state index is 0.607. The fraction of sp³-hybridized carbons (Fsp3) is 0.474. The van der Waals surface area contributed by atoms with Gasteiger partial charge in [0, 0.05) is 44.4 Å². The van der Waals surface area contributed by atoms with Crippen molar-refractivity contribution in [2.75, 3.05) is 26.7 Å². The Hall–Kier alpha value is -1.88. The van der Waals surface area contributed by atoms with E-state index >= 15 is 0 Å². The summed E-state index contributed by atoms with van der Waals surface area (Å²) in [5.74, 6) is 1.62. The van der Waals surface area contributed by atoms with Crippen molar-refractivity contribution in [3.05, 3.63) is 52.0 Å². The second-order valence-corrected chi connectivity index (χ2v) is 7.10. The van der Waals surface area contributed by atoms with Crippen LogP contribution in [0, 0.1) is 0 Å². The molecule has 1 saturated heterocycles. The van der Waals surface area contributed by atoms with Crippen LogP contribution in [-0.2, 0) is 12.8 Å². The van der Waals surface area contributed by atoms with Crippen LogP contribution in [-0.4, -0.2) is 42.5 Å². The SMILES string of the molecule is CCc1nc(CCNC(=NC)N2CCC(c3ccccc3)C2)cs1. The lowest BCUT2D eigenvalue weighted by Crippen LogP contribution is -2.40. The molecule has 1 atom stereocenters. The molecule has 0 amide bonds. The zero-order valence-corrected chi connectivity index (χ0v) is 15.4. The Bertz CT molecular complexity index is 665. The average Bonchev–Trinajstić information content (AvgIpc) is 3.29. The number of nitrogens with one attached hydrogen (secondary N) is 1. The summed E-state index contributed by atoms with van der Waals surface area (Å²) in [6, 6.07) is 10.8. The Morgan fingerprint density at radius 1 is 1.38 bits per heavy atom. The molecule has 1 fully saturated rings. The van der Waals surface area contributed by atoms with Gasteiger partial charge in [0.05, 0.1) is 10.7 Å². The molecular formula is C19H26N4S. The molecule has 0 bridgehead atoms. The molecular weight excluding hydrogens is 316 g/mol. The zero-order chi connectivity index (χ0) is 16.8. The summed E-state index contributed by atoms with van der Waals surface area (Å²) in [4.78, 5) is 11.5. The predicted molar refractivity (Wildman–Crippen MR) is 102 cm³/mol. The standard InChI is InChI=1S/C19H26N4S/c1-3-18-22-17(14-24-18)9-11-21-19(20-2)23-12-10-16(13-23)15-7-5-4-6-8-15/h4-8,14,16H,3,9-13H2,1-2H3,(H,20,21). The first kappa shape index (κ1) is 17.0. The molecule has 3 rings (SSSR count). The molecule has 0 aliphatic carbocycles. The maximum Gasteiger partial charge on any atom is 0.193 e. The van der Waals surface area contributed by atoms with Crippen LogP contribution in [0.25, 0.3) is 0 Å². The molecule has 1 N–H and O–H groups in total. The van der Waals surface area contributed by atoms with E-state index in [1.165, 1.54) is 22.7 Å². The lowest BCUT2D eigenvalue weighted by molar-refractivity contribution is 0.486. The van der Waals surface area contributed by atoms with E-state index in [0.29, 0.717) is 5.92 Å². The highest BCUT2D eigenvalue weighted by molar-refractivity contribution is 7.09. The predicted octanol–water partition coefficient (Wildman–Crippen LogP) is 3.31. The molecule has 0 spiro atoms. The van der Waals surface area contributed by atoms with Crippen molar-refractivity contribution in [1.82, 2.24) is 15.2 Å². The van der Waals surface area contributed by atoms with Crippen molar-refractivity contribution in [1.29, 1.82) is 0 Å². The summed E-state index contributed by atoms with van der Waals surface area (Å²) < 4.78 is 0. The third kappa shape index (κ3) is 4.15. The van der Waals surface area contributed by atoms with Crippen molar-refractivity contribution >= 4 is 17.3 Å². The summed E-state index contributed by atoms with van der Waals surface area (Å²) in [6.45, 7) is 5.14. The molecule has 2 aromatic rings. The van der Waals surface area contributed by atoms with Crippen LogP contribution in [0.5, 0.6) is 0 Å². The van der Waals surface area contributed by atoms with E-state index in [1.807, 2.05) is 7.05 Å². The van der Waals surface area contributed by atoms with E-state index in [-0.39, 0.29) is 0 Å². The van der Waals surface area contributed by atoms with E-state index in [4.69, 9.17) is 0 Å². The second-order valence-electron chi connectivity index (χ2n) is 6.15. The van der Waals surface area contributed by atoms with Gasteiger partial charge in [-0.25, -0.2) is 4.98 Å². The Morgan fingerprint density at radius 2 is 2.21 bits per heavy atom. The molecule has 4 nitrogen and oxygen atoms in total. The number of rotatable bonds is 5. The van der Waals surface area contributed by atoms with Crippen LogP contribution in [0.4, 0.5) is 0 Å². The number of guanidine groups is 1. The molecule has 1 unspecified atom stereocenters. The first-order valence-electron chi connectivity index (χ1n) is 8.74. The number of aromatic nitrogens is 1. The normalized spacial score (nSPS) is 18.2. The molecule has 1 aliphatic heterocycles. The van der Waals surface area contributed by atoms with Crippen molar-refractivity contribution in [3.63, 3.8) is 0 Å². The maximum absolute atomic E-state index is 4.63. The Balaban J connectivity index is 1.50. The van der Waals surface area contributed by atoms with Gasteiger partial charge in [-0.3, -0.25) is 4.99 Å². The van der Waals surface area contributed by atoms with E-state index in [0.717, 1.165) is 38.4 Å². The van der Waals surface area contributed by atoms with Crippen LogP contribution in [0.2, 0.25) is 0 Å². The number of nitrogens with zero attached hydrogens (tertiary/aromatic N) is 3. The monoisotopic (exact) mass is 342 g/mol. The molecule has 2 heterocycles. The van der Waals surface area contributed by atoms with Crippen molar-refractivity contribution < 1.29 is 0 Å². The van der Waals surface area contributed by atoms with Gasteiger partial charge in [0.1, 0.15) is 0 Å². The summed E-state index contributed by atoms with van der Waals surface area (Å²) in [5.41, 5.74) is 2.62. The summed E-state index contributed by atoms with van der Waals surface area (Å²) in [6.07, 6.45) is 3.16. The minimum Gasteiger partial charge on any atom is -0.356 e.